The lowest BCUT2D eigenvalue weighted by Crippen LogP contribution is -2.40. The van der Waals surface area contributed by atoms with Gasteiger partial charge in [0, 0.05) is 6.04 Å². The molecule has 0 aromatic carbocycles. The van der Waals surface area contributed by atoms with Crippen molar-refractivity contribution in [1.29, 1.82) is 0 Å². The van der Waals surface area contributed by atoms with Crippen LogP contribution in [0.3, 0.4) is 0 Å². The molecule has 0 heterocycles. The Morgan fingerprint density at radius 2 is 1.75 bits per heavy atom. The molecule has 3 atom stereocenters. The van der Waals surface area contributed by atoms with Crippen molar-refractivity contribution in [1.82, 2.24) is 5.32 Å². The molecule has 0 spiro atoms. The van der Waals surface area contributed by atoms with Gasteiger partial charge in [-0.15, -0.1) is 0 Å². The minimum Gasteiger partial charge on any atom is -0.314 e. The van der Waals surface area contributed by atoms with Crippen LogP contribution >= 0.6 is 0 Å². The topological polar surface area (TPSA) is 12.0 Å². The van der Waals surface area contributed by atoms with Crippen molar-refractivity contribution in [2.75, 3.05) is 6.54 Å². The highest BCUT2D eigenvalue weighted by Crippen LogP contribution is 2.46. The maximum atomic E-state index is 3.78. The van der Waals surface area contributed by atoms with Gasteiger partial charge < -0.3 is 5.32 Å². The molecular weight excluding hydrogens is 194 g/mol. The van der Waals surface area contributed by atoms with Crippen molar-refractivity contribution >= 4 is 0 Å². The molecule has 1 N–H and O–H groups in total. The van der Waals surface area contributed by atoms with E-state index in [9.17, 15) is 0 Å². The molecule has 2 rings (SSSR count). The molecule has 2 aliphatic carbocycles. The summed E-state index contributed by atoms with van der Waals surface area (Å²) >= 11 is 0. The van der Waals surface area contributed by atoms with Crippen molar-refractivity contribution in [2.45, 2.75) is 65.3 Å². The minimum atomic E-state index is 0.845. The SMILES string of the molecule is CCNC(C1CCC(CC)CC1)C1CC1C. The number of hydrogen-bond acceptors (Lipinski definition) is 1. The zero-order valence-corrected chi connectivity index (χ0v) is 11.3. The summed E-state index contributed by atoms with van der Waals surface area (Å²) in [5.74, 6) is 4.02. The van der Waals surface area contributed by atoms with Crippen LogP contribution in [0.2, 0.25) is 0 Å². The van der Waals surface area contributed by atoms with Gasteiger partial charge >= 0.3 is 0 Å². The van der Waals surface area contributed by atoms with E-state index in [0.29, 0.717) is 0 Å². The third kappa shape index (κ3) is 2.80. The van der Waals surface area contributed by atoms with E-state index in [2.05, 4.69) is 26.1 Å². The second-order valence-corrected chi connectivity index (χ2v) is 6.15. The minimum absolute atomic E-state index is 0.845. The highest BCUT2D eigenvalue weighted by molar-refractivity contribution is 4.96. The monoisotopic (exact) mass is 223 g/mol. The average Bonchev–Trinajstić information content (AvgIpc) is 3.03. The third-order valence-electron chi connectivity index (χ3n) is 5.05. The van der Waals surface area contributed by atoms with Crippen LogP contribution in [0.25, 0.3) is 0 Å². The molecule has 0 aliphatic heterocycles. The lowest BCUT2D eigenvalue weighted by molar-refractivity contribution is 0.202. The Bertz CT molecular complexity index is 205. The van der Waals surface area contributed by atoms with Gasteiger partial charge in [-0.2, -0.15) is 0 Å². The molecule has 0 aromatic rings. The molecule has 94 valence electrons. The maximum Gasteiger partial charge on any atom is 0.0126 e. The Morgan fingerprint density at radius 1 is 1.12 bits per heavy atom. The van der Waals surface area contributed by atoms with E-state index in [4.69, 9.17) is 0 Å². The highest BCUT2D eigenvalue weighted by Gasteiger charge is 2.42. The summed E-state index contributed by atoms with van der Waals surface area (Å²) < 4.78 is 0. The summed E-state index contributed by atoms with van der Waals surface area (Å²) in [6.07, 6.45) is 8.83. The van der Waals surface area contributed by atoms with Gasteiger partial charge in [-0.3, -0.25) is 0 Å². The fraction of sp³-hybridized carbons (Fsp3) is 1.00. The van der Waals surface area contributed by atoms with Crippen LogP contribution in [-0.4, -0.2) is 12.6 Å². The first-order valence-corrected chi connectivity index (χ1v) is 7.49. The molecule has 2 saturated carbocycles. The Balaban J connectivity index is 1.84. The molecule has 16 heavy (non-hydrogen) atoms. The molecular formula is C15H29N. The van der Waals surface area contributed by atoms with Gasteiger partial charge in [0.1, 0.15) is 0 Å². The smallest absolute Gasteiger partial charge is 0.0126 e. The van der Waals surface area contributed by atoms with E-state index in [-0.39, 0.29) is 0 Å². The van der Waals surface area contributed by atoms with Crippen molar-refractivity contribution in [3.63, 3.8) is 0 Å². The Morgan fingerprint density at radius 3 is 2.19 bits per heavy atom. The van der Waals surface area contributed by atoms with E-state index in [0.717, 1.165) is 36.3 Å². The summed E-state index contributed by atoms with van der Waals surface area (Å²) in [4.78, 5) is 0. The quantitative estimate of drug-likeness (QED) is 0.747. The van der Waals surface area contributed by atoms with Crippen LogP contribution in [0.4, 0.5) is 0 Å². The highest BCUT2D eigenvalue weighted by atomic mass is 14.9. The lowest BCUT2D eigenvalue weighted by atomic mass is 9.76. The zero-order chi connectivity index (χ0) is 11.5. The van der Waals surface area contributed by atoms with E-state index in [1.807, 2.05) is 0 Å². The van der Waals surface area contributed by atoms with Crippen LogP contribution in [0.5, 0.6) is 0 Å². The lowest BCUT2D eigenvalue weighted by Gasteiger charge is -2.34. The summed E-state index contributed by atoms with van der Waals surface area (Å²) in [7, 11) is 0. The molecule has 0 aromatic heterocycles. The van der Waals surface area contributed by atoms with Crippen molar-refractivity contribution in [3.05, 3.63) is 0 Å². The molecule has 0 amide bonds. The predicted molar refractivity (Wildman–Crippen MR) is 70.5 cm³/mol. The molecule has 2 aliphatic rings. The number of nitrogens with one attached hydrogen (secondary N) is 1. The first kappa shape index (κ1) is 12.4. The van der Waals surface area contributed by atoms with Crippen LogP contribution in [-0.2, 0) is 0 Å². The van der Waals surface area contributed by atoms with Crippen LogP contribution in [0.15, 0.2) is 0 Å². The molecule has 1 nitrogen and oxygen atoms in total. The summed E-state index contributed by atoms with van der Waals surface area (Å²) in [5, 5.41) is 3.78. The fourth-order valence-corrected chi connectivity index (χ4v) is 3.71. The standard InChI is InChI=1S/C15H29N/c1-4-12-6-8-13(9-7-12)15(16-5-2)14-10-11(14)3/h11-16H,4-10H2,1-3H3. The van der Waals surface area contributed by atoms with Crippen molar-refractivity contribution < 1.29 is 0 Å². The molecule has 3 unspecified atom stereocenters. The van der Waals surface area contributed by atoms with Crippen LogP contribution in [0.1, 0.15) is 59.3 Å². The maximum absolute atomic E-state index is 3.78. The zero-order valence-electron chi connectivity index (χ0n) is 11.3. The van der Waals surface area contributed by atoms with E-state index in [1.165, 1.54) is 38.5 Å². The summed E-state index contributed by atoms with van der Waals surface area (Å²) in [6.45, 7) is 8.20. The van der Waals surface area contributed by atoms with E-state index < -0.39 is 0 Å². The van der Waals surface area contributed by atoms with E-state index >= 15 is 0 Å². The van der Waals surface area contributed by atoms with Gasteiger partial charge in [-0.05, 0) is 49.5 Å². The number of rotatable bonds is 5. The van der Waals surface area contributed by atoms with Crippen LogP contribution < -0.4 is 5.32 Å². The van der Waals surface area contributed by atoms with Gasteiger partial charge in [0.25, 0.3) is 0 Å². The van der Waals surface area contributed by atoms with Crippen molar-refractivity contribution in [2.24, 2.45) is 23.7 Å². The van der Waals surface area contributed by atoms with Gasteiger partial charge in [-0.25, -0.2) is 0 Å². The van der Waals surface area contributed by atoms with Gasteiger partial charge in [0.05, 0.1) is 0 Å². The second kappa shape index (κ2) is 5.53. The normalized spacial score (nSPS) is 40.7. The molecule has 2 fully saturated rings. The van der Waals surface area contributed by atoms with Crippen molar-refractivity contribution in [3.8, 4) is 0 Å². The Hall–Kier alpha value is -0.0400. The van der Waals surface area contributed by atoms with Gasteiger partial charge in [0.15, 0.2) is 0 Å². The molecule has 0 radical (unpaired) electrons. The van der Waals surface area contributed by atoms with Gasteiger partial charge in [0.2, 0.25) is 0 Å². The second-order valence-electron chi connectivity index (χ2n) is 6.15. The summed E-state index contributed by atoms with van der Waals surface area (Å²) in [5.41, 5.74) is 0. The first-order valence-electron chi connectivity index (χ1n) is 7.49. The Kier molecular flexibility index (Phi) is 4.29. The Labute approximate surface area is 101 Å². The number of hydrogen-bond donors (Lipinski definition) is 1. The largest absolute Gasteiger partial charge is 0.314 e. The molecule has 0 bridgehead atoms. The van der Waals surface area contributed by atoms with E-state index in [1.54, 1.807) is 0 Å². The first-order chi connectivity index (χ1) is 7.76. The van der Waals surface area contributed by atoms with Gasteiger partial charge in [-0.1, -0.05) is 40.0 Å². The molecule has 0 saturated heterocycles. The average molecular weight is 223 g/mol. The predicted octanol–water partition coefficient (Wildman–Crippen LogP) is 3.84. The molecule has 1 heteroatoms. The van der Waals surface area contributed by atoms with Crippen LogP contribution in [0, 0.1) is 23.7 Å². The third-order valence-corrected chi connectivity index (χ3v) is 5.05. The summed E-state index contributed by atoms with van der Waals surface area (Å²) in [6, 6.07) is 0.845. The fourth-order valence-electron chi connectivity index (χ4n) is 3.71.